The van der Waals surface area contributed by atoms with Crippen molar-refractivity contribution in [1.82, 2.24) is 0 Å². The third-order valence-electron chi connectivity index (χ3n) is 2.17. The second-order valence-corrected chi connectivity index (χ2v) is 3.69. The van der Waals surface area contributed by atoms with Crippen LogP contribution in [0.3, 0.4) is 0 Å². The van der Waals surface area contributed by atoms with Crippen LogP contribution < -0.4 is 49.6 Å². The standard InChI is InChI=1S/C14H22.4ClH.2Ga/c1-4-6-8-9-11-13-14(3)12-10-7-5-2;;;;;;/h4-10,12H2,1-2H3;4*1H;;/p-4. The van der Waals surface area contributed by atoms with Gasteiger partial charge in [-0.25, -0.2) is 0 Å². The minimum atomic E-state index is 0. The zero-order valence-corrected chi connectivity index (χ0v) is 20.2. The topological polar surface area (TPSA) is 0 Å². The molecule has 0 atom stereocenters. The Kier molecular flexibility index (Phi) is 80.0. The molecule has 0 aliphatic carbocycles. The Morgan fingerprint density at radius 2 is 1.25 bits per heavy atom. The monoisotopic (exact) mass is 468 g/mol. The summed E-state index contributed by atoms with van der Waals surface area (Å²) in [7, 11) is 0. The maximum absolute atomic E-state index is 7.57. The average molecular weight is 472 g/mol. The van der Waals surface area contributed by atoms with Gasteiger partial charge in [-0.05, 0) is 19.3 Å². The van der Waals surface area contributed by atoms with E-state index < -0.39 is 0 Å². The van der Waals surface area contributed by atoms with Gasteiger partial charge in [0.15, 0.2) is 0 Å². The average Bonchev–Trinajstić information content (AvgIpc) is 2.18. The quantitative estimate of drug-likeness (QED) is 0.197. The first kappa shape index (κ1) is 43.0. The molecule has 0 aliphatic rings. The van der Waals surface area contributed by atoms with E-state index >= 15 is 0 Å². The molecule has 0 heterocycles. The molecule has 0 saturated carbocycles. The summed E-state index contributed by atoms with van der Waals surface area (Å²) < 4.78 is 0. The number of hydrogen-bond acceptors (Lipinski definition) is 0. The smallest absolute Gasteiger partial charge is 0.0106 e. The van der Waals surface area contributed by atoms with Crippen molar-refractivity contribution in [3.8, 4) is 11.8 Å². The molecule has 0 bridgehead atoms. The summed E-state index contributed by atoms with van der Waals surface area (Å²) in [5.74, 6) is 6.01. The van der Waals surface area contributed by atoms with E-state index in [0.717, 1.165) is 19.3 Å². The Bertz CT molecular complexity index is 213. The van der Waals surface area contributed by atoms with Crippen molar-refractivity contribution in [2.24, 2.45) is 0 Å². The Hall–Kier alpha value is 1.73. The molecular formula is C14H22Cl4Ga2-4. The van der Waals surface area contributed by atoms with Crippen molar-refractivity contribution >= 4 is 39.6 Å². The van der Waals surface area contributed by atoms with Gasteiger partial charge in [0.2, 0.25) is 0 Å². The minimum Gasteiger partial charge on any atom is -1.00 e. The molecule has 0 amide bonds. The summed E-state index contributed by atoms with van der Waals surface area (Å²) in [5.41, 5.74) is 0.620. The van der Waals surface area contributed by atoms with Crippen molar-refractivity contribution in [2.45, 2.75) is 65.2 Å². The zero-order chi connectivity index (χ0) is 10.6. The maximum atomic E-state index is 7.57. The van der Waals surface area contributed by atoms with Gasteiger partial charge in [0, 0.05) is 58.2 Å². The van der Waals surface area contributed by atoms with Crippen LogP contribution in [0.4, 0.5) is 0 Å². The molecule has 0 unspecified atom stereocenters. The summed E-state index contributed by atoms with van der Waals surface area (Å²) in [4.78, 5) is 0. The summed E-state index contributed by atoms with van der Waals surface area (Å²) >= 11 is 0. The van der Waals surface area contributed by atoms with Gasteiger partial charge in [-0.2, -0.15) is 0 Å². The second kappa shape index (κ2) is 37.2. The van der Waals surface area contributed by atoms with Crippen molar-refractivity contribution in [2.75, 3.05) is 0 Å². The normalized spacial score (nSPS) is 6.50. The predicted molar refractivity (Wildman–Crippen MR) is 74.3 cm³/mol. The number of rotatable bonds is 7. The molecule has 0 nitrogen and oxygen atoms in total. The number of halogens is 4. The Morgan fingerprint density at radius 3 is 1.70 bits per heavy atom. The van der Waals surface area contributed by atoms with Crippen LogP contribution in [-0.2, 0) is 0 Å². The van der Waals surface area contributed by atoms with Gasteiger partial charge < -0.3 is 49.6 Å². The summed E-state index contributed by atoms with van der Waals surface area (Å²) in [6, 6.07) is 0. The fourth-order valence-electron chi connectivity index (χ4n) is 1.25. The SMILES string of the molecule is [C]=C(C#CCCCCC)CCCCC.[Cl-].[Cl-].[Cl-].[Cl-].[Ga].[Ga]. The van der Waals surface area contributed by atoms with Crippen LogP contribution in [0.5, 0.6) is 0 Å². The molecule has 0 aromatic heterocycles. The molecule has 0 rings (SSSR count). The first-order valence-electron chi connectivity index (χ1n) is 5.87. The molecule has 20 heavy (non-hydrogen) atoms. The van der Waals surface area contributed by atoms with E-state index in [1.807, 2.05) is 0 Å². The predicted octanol–water partition coefficient (Wildman–Crippen LogP) is -8.36. The Morgan fingerprint density at radius 1 is 0.800 bits per heavy atom. The summed E-state index contributed by atoms with van der Waals surface area (Å²) in [6.07, 6.45) is 9.09. The van der Waals surface area contributed by atoms with Crippen LogP contribution in [0.2, 0.25) is 0 Å². The van der Waals surface area contributed by atoms with E-state index in [0.29, 0.717) is 5.57 Å². The van der Waals surface area contributed by atoms with E-state index in [1.54, 1.807) is 0 Å². The van der Waals surface area contributed by atoms with Crippen molar-refractivity contribution in [1.29, 1.82) is 0 Å². The molecule has 6 heteroatoms. The summed E-state index contributed by atoms with van der Waals surface area (Å²) in [6.45, 7) is 11.9. The van der Waals surface area contributed by atoms with Gasteiger partial charge in [-0.15, -0.1) is 0 Å². The molecule has 116 valence electrons. The zero-order valence-electron chi connectivity index (χ0n) is 12.3. The Labute approximate surface area is 177 Å². The van der Waals surface area contributed by atoms with Crippen molar-refractivity contribution in [3.05, 3.63) is 12.2 Å². The van der Waals surface area contributed by atoms with E-state index in [4.69, 9.17) is 6.58 Å². The van der Waals surface area contributed by atoms with Crippen molar-refractivity contribution in [3.63, 3.8) is 0 Å². The van der Waals surface area contributed by atoms with E-state index in [1.165, 1.54) is 32.1 Å². The first-order valence-corrected chi connectivity index (χ1v) is 5.87. The molecule has 0 aromatic rings. The van der Waals surface area contributed by atoms with Crippen molar-refractivity contribution < 1.29 is 49.6 Å². The third kappa shape index (κ3) is 36.7. The molecule has 0 fully saturated rings. The van der Waals surface area contributed by atoms with Crippen LogP contribution in [0.1, 0.15) is 65.2 Å². The molecule has 0 saturated heterocycles. The minimum absolute atomic E-state index is 0. The molecule has 0 aliphatic heterocycles. The second-order valence-electron chi connectivity index (χ2n) is 3.69. The first-order chi connectivity index (χ1) is 6.81. The van der Waals surface area contributed by atoms with Crippen LogP contribution in [0, 0.1) is 18.4 Å². The van der Waals surface area contributed by atoms with E-state index in [2.05, 4.69) is 25.7 Å². The fraction of sp³-hybridized carbons (Fsp3) is 0.714. The molecule has 0 spiro atoms. The fourth-order valence-corrected chi connectivity index (χ4v) is 1.25. The summed E-state index contributed by atoms with van der Waals surface area (Å²) in [5, 5.41) is 0. The van der Waals surface area contributed by atoms with E-state index in [9.17, 15) is 0 Å². The largest absolute Gasteiger partial charge is 1.00 e. The third-order valence-corrected chi connectivity index (χ3v) is 2.17. The van der Waals surface area contributed by atoms with Gasteiger partial charge in [0.05, 0.1) is 0 Å². The molecular weight excluding hydrogens is 449 g/mol. The maximum Gasteiger partial charge on any atom is 0.0106 e. The van der Waals surface area contributed by atoms with Crippen LogP contribution in [0.25, 0.3) is 0 Å². The Balaban J connectivity index is -0.0000000563. The van der Waals surface area contributed by atoms with E-state index in [-0.39, 0.29) is 89.2 Å². The van der Waals surface area contributed by atoms with Gasteiger partial charge >= 0.3 is 0 Å². The molecule has 0 aromatic carbocycles. The van der Waals surface area contributed by atoms with Gasteiger partial charge in [-0.1, -0.05) is 51.4 Å². The number of hydrogen-bond donors (Lipinski definition) is 0. The van der Waals surface area contributed by atoms with Gasteiger partial charge in [-0.3, -0.25) is 0 Å². The van der Waals surface area contributed by atoms with Crippen LogP contribution in [0.15, 0.2) is 5.57 Å². The van der Waals surface area contributed by atoms with Crippen LogP contribution in [-0.4, -0.2) is 39.6 Å². The number of unbranched alkanes of at least 4 members (excludes halogenated alkanes) is 5. The van der Waals surface area contributed by atoms with Crippen LogP contribution >= 0.6 is 0 Å². The number of allylic oxidation sites excluding steroid dienone is 1. The molecule has 8 radical (unpaired) electrons. The van der Waals surface area contributed by atoms with Gasteiger partial charge in [0.1, 0.15) is 0 Å². The van der Waals surface area contributed by atoms with Gasteiger partial charge in [0.25, 0.3) is 0 Å². The molecule has 0 N–H and O–H groups in total.